The van der Waals surface area contributed by atoms with Crippen LogP contribution in [0.3, 0.4) is 0 Å². The number of rotatable bonds is 3. The maximum atomic E-state index is 2.58. The van der Waals surface area contributed by atoms with E-state index < -0.39 is 0 Å². The first-order chi connectivity index (χ1) is 10.1. The Bertz CT molecular complexity index is 609. The average Bonchev–Trinajstić information content (AvgIpc) is 2.88. The molecule has 0 N–H and O–H groups in total. The minimum Gasteiger partial charge on any atom is -0.369 e. The fourth-order valence-corrected chi connectivity index (χ4v) is 3.95. The molecule has 1 aromatic heterocycles. The van der Waals surface area contributed by atoms with E-state index in [2.05, 4.69) is 60.9 Å². The van der Waals surface area contributed by atoms with E-state index in [-0.39, 0.29) is 0 Å². The quantitative estimate of drug-likeness (QED) is 0.845. The Morgan fingerprint density at radius 1 is 0.952 bits per heavy atom. The summed E-state index contributed by atoms with van der Waals surface area (Å²) in [4.78, 5) is 8.03. The Morgan fingerprint density at radius 2 is 1.71 bits per heavy atom. The van der Waals surface area contributed by atoms with Crippen molar-refractivity contribution in [3.8, 4) is 0 Å². The second-order valence-electron chi connectivity index (χ2n) is 5.99. The van der Waals surface area contributed by atoms with Crippen molar-refractivity contribution in [3.63, 3.8) is 0 Å². The molecule has 2 nitrogen and oxygen atoms in total. The highest BCUT2D eigenvalue weighted by molar-refractivity contribution is 7.11. The number of aryl methyl sites for hydroxylation is 2. The number of benzene rings is 1. The first-order valence-corrected chi connectivity index (χ1v) is 8.54. The van der Waals surface area contributed by atoms with Crippen LogP contribution in [0.4, 0.5) is 5.69 Å². The summed E-state index contributed by atoms with van der Waals surface area (Å²) in [5.41, 5.74) is 4.24. The lowest BCUT2D eigenvalue weighted by Gasteiger charge is -2.36. The average molecular weight is 300 g/mol. The second kappa shape index (κ2) is 6.20. The third-order valence-corrected chi connectivity index (χ3v) is 5.45. The molecule has 1 aliphatic rings. The third kappa shape index (κ3) is 3.30. The van der Waals surface area contributed by atoms with Crippen LogP contribution in [0, 0.1) is 20.8 Å². The van der Waals surface area contributed by atoms with Crippen molar-refractivity contribution in [2.45, 2.75) is 27.3 Å². The zero-order valence-electron chi connectivity index (χ0n) is 13.2. The second-order valence-corrected chi connectivity index (χ2v) is 7.37. The first kappa shape index (κ1) is 14.6. The lowest BCUT2D eigenvalue weighted by atomic mass is 10.1. The number of hydrogen-bond acceptors (Lipinski definition) is 3. The van der Waals surface area contributed by atoms with Gasteiger partial charge in [0.15, 0.2) is 0 Å². The van der Waals surface area contributed by atoms with E-state index in [4.69, 9.17) is 0 Å². The maximum absolute atomic E-state index is 2.58. The van der Waals surface area contributed by atoms with Crippen LogP contribution in [0.5, 0.6) is 0 Å². The van der Waals surface area contributed by atoms with E-state index in [0.29, 0.717) is 0 Å². The Hall–Kier alpha value is -1.32. The number of hydrogen-bond donors (Lipinski definition) is 0. The molecule has 112 valence electrons. The summed E-state index contributed by atoms with van der Waals surface area (Å²) in [5.74, 6) is 0. The molecule has 0 amide bonds. The van der Waals surface area contributed by atoms with Crippen molar-refractivity contribution in [3.05, 3.63) is 51.2 Å². The van der Waals surface area contributed by atoms with Crippen LogP contribution < -0.4 is 4.90 Å². The summed E-state index contributed by atoms with van der Waals surface area (Å²) < 4.78 is 0. The molecule has 0 spiro atoms. The van der Waals surface area contributed by atoms with Gasteiger partial charge in [-0.2, -0.15) is 0 Å². The minimum absolute atomic E-state index is 1.11. The highest BCUT2D eigenvalue weighted by Gasteiger charge is 2.19. The lowest BCUT2D eigenvalue weighted by molar-refractivity contribution is 0.252. The maximum Gasteiger partial charge on any atom is 0.0399 e. The third-order valence-electron chi connectivity index (χ3n) is 4.46. The molecule has 0 aliphatic carbocycles. The summed E-state index contributed by atoms with van der Waals surface area (Å²) in [5, 5.41) is 0. The van der Waals surface area contributed by atoms with Gasteiger partial charge in [-0.05, 0) is 50.1 Å². The van der Waals surface area contributed by atoms with Crippen LogP contribution in [0.25, 0.3) is 0 Å². The molecule has 1 fully saturated rings. The van der Waals surface area contributed by atoms with Gasteiger partial charge in [0.2, 0.25) is 0 Å². The normalized spacial score (nSPS) is 16.4. The van der Waals surface area contributed by atoms with E-state index in [1.54, 1.807) is 0 Å². The Kier molecular flexibility index (Phi) is 4.32. The fraction of sp³-hybridized carbons (Fsp3) is 0.444. The van der Waals surface area contributed by atoms with Crippen molar-refractivity contribution >= 4 is 17.0 Å². The molecule has 3 rings (SSSR count). The summed E-state index contributed by atoms with van der Waals surface area (Å²) in [7, 11) is 0. The molecule has 1 aromatic carbocycles. The van der Waals surface area contributed by atoms with Gasteiger partial charge in [-0.1, -0.05) is 12.1 Å². The standard InChI is InChI=1S/C18H24N2S/c1-14-5-4-6-18(16(14)3)20-11-9-19(10-12-20)13-17-8-7-15(2)21-17/h4-8H,9-13H2,1-3H3. The zero-order valence-corrected chi connectivity index (χ0v) is 14.0. The van der Waals surface area contributed by atoms with Gasteiger partial charge < -0.3 is 4.90 Å². The summed E-state index contributed by atoms with van der Waals surface area (Å²) in [6, 6.07) is 11.1. The van der Waals surface area contributed by atoms with Gasteiger partial charge in [0.1, 0.15) is 0 Å². The van der Waals surface area contributed by atoms with E-state index in [1.165, 1.54) is 26.6 Å². The van der Waals surface area contributed by atoms with Crippen LogP contribution in [0.2, 0.25) is 0 Å². The number of thiophene rings is 1. The van der Waals surface area contributed by atoms with Gasteiger partial charge in [0, 0.05) is 48.2 Å². The Labute approximate surface area is 132 Å². The van der Waals surface area contributed by atoms with Crippen molar-refractivity contribution < 1.29 is 0 Å². The molecule has 0 unspecified atom stereocenters. The predicted molar refractivity (Wildman–Crippen MR) is 92.5 cm³/mol. The van der Waals surface area contributed by atoms with Crippen LogP contribution in [0.15, 0.2) is 30.3 Å². The summed E-state index contributed by atoms with van der Waals surface area (Å²) in [6.45, 7) is 12.3. The molecule has 3 heteroatoms. The summed E-state index contributed by atoms with van der Waals surface area (Å²) >= 11 is 1.93. The molecule has 1 saturated heterocycles. The highest BCUT2D eigenvalue weighted by atomic mass is 32.1. The molecule has 0 atom stereocenters. The monoisotopic (exact) mass is 300 g/mol. The molecule has 0 radical (unpaired) electrons. The molecule has 1 aliphatic heterocycles. The van der Waals surface area contributed by atoms with Crippen molar-refractivity contribution in [1.82, 2.24) is 4.90 Å². The van der Waals surface area contributed by atoms with Crippen LogP contribution >= 0.6 is 11.3 Å². The van der Waals surface area contributed by atoms with Gasteiger partial charge in [-0.25, -0.2) is 0 Å². The van der Waals surface area contributed by atoms with Crippen molar-refractivity contribution in [1.29, 1.82) is 0 Å². The van der Waals surface area contributed by atoms with Crippen molar-refractivity contribution in [2.24, 2.45) is 0 Å². The lowest BCUT2D eigenvalue weighted by Crippen LogP contribution is -2.46. The summed E-state index contributed by atoms with van der Waals surface area (Å²) in [6.07, 6.45) is 0. The highest BCUT2D eigenvalue weighted by Crippen LogP contribution is 2.24. The van der Waals surface area contributed by atoms with E-state index in [9.17, 15) is 0 Å². The molecular formula is C18H24N2S. The van der Waals surface area contributed by atoms with E-state index in [1.807, 2.05) is 11.3 Å². The Morgan fingerprint density at radius 3 is 2.38 bits per heavy atom. The van der Waals surface area contributed by atoms with E-state index in [0.717, 1.165) is 32.7 Å². The van der Waals surface area contributed by atoms with Crippen LogP contribution in [-0.2, 0) is 6.54 Å². The van der Waals surface area contributed by atoms with Crippen LogP contribution in [-0.4, -0.2) is 31.1 Å². The van der Waals surface area contributed by atoms with Gasteiger partial charge >= 0.3 is 0 Å². The zero-order chi connectivity index (χ0) is 14.8. The number of nitrogens with zero attached hydrogens (tertiary/aromatic N) is 2. The largest absolute Gasteiger partial charge is 0.369 e. The number of piperazine rings is 1. The smallest absolute Gasteiger partial charge is 0.0399 e. The molecule has 0 saturated carbocycles. The van der Waals surface area contributed by atoms with Gasteiger partial charge in [-0.15, -0.1) is 11.3 Å². The molecule has 0 bridgehead atoms. The molecule has 2 aromatic rings. The fourth-order valence-electron chi connectivity index (χ4n) is 3.02. The van der Waals surface area contributed by atoms with Gasteiger partial charge in [0.25, 0.3) is 0 Å². The first-order valence-electron chi connectivity index (χ1n) is 7.72. The predicted octanol–water partition coefficient (Wildman–Crippen LogP) is 4.00. The van der Waals surface area contributed by atoms with Crippen LogP contribution in [0.1, 0.15) is 20.9 Å². The molecular weight excluding hydrogens is 276 g/mol. The van der Waals surface area contributed by atoms with Gasteiger partial charge in [-0.3, -0.25) is 4.90 Å². The number of anilines is 1. The Balaban J connectivity index is 1.61. The molecule has 21 heavy (non-hydrogen) atoms. The van der Waals surface area contributed by atoms with Gasteiger partial charge in [0.05, 0.1) is 0 Å². The SMILES string of the molecule is Cc1ccc(CN2CCN(c3cccc(C)c3C)CC2)s1. The minimum atomic E-state index is 1.11. The van der Waals surface area contributed by atoms with Crippen molar-refractivity contribution in [2.75, 3.05) is 31.1 Å². The topological polar surface area (TPSA) is 6.48 Å². The van der Waals surface area contributed by atoms with E-state index >= 15 is 0 Å². The molecule has 2 heterocycles.